The van der Waals surface area contributed by atoms with Crippen LogP contribution in [0.3, 0.4) is 0 Å². The minimum Gasteiger partial charge on any atom is -0.478 e. The van der Waals surface area contributed by atoms with Gasteiger partial charge in [0.15, 0.2) is 5.82 Å². The molecule has 0 bridgehead atoms. The summed E-state index contributed by atoms with van der Waals surface area (Å²) in [7, 11) is 0. The number of aromatic carboxylic acids is 1. The van der Waals surface area contributed by atoms with Gasteiger partial charge in [0.05, 0.1) is 24.4 Å². The van der Waals surface area contributed by atoms with Crippen LogP contribution in [0, 0.1) is 13.8 Å². The number of ether oxygens (including phenoxy) is 1. The van der Waals surface area contributed by atoms with Gasteiger partial charge in [0.2, 0.25) is 0 Å². The Labute approximate surface area is 118 Å². The first-order valence-corrected chi connectivity index (χ1v) is 6.91. The van der Waals surface area contributed by atoms with Crippen molar-refractivity contribution in [3.8, 4) is 0 Å². The summed E-state index contributed by atoms with van der Waals surface area (Å²) >= 11 is 0. The highest BCUT2D eigenvalue weighted by Crippen LogP contribution is 2.27. The predicted molar refractivity (Wildman–Crippen MR) is 75.3 cm³/mol. The van der Waals surface area contributed by atoms with Gasteiger partial charge in [-0.25, -0.2) is 4.79 Å². The number of carboxylic acids is 1. The first kappa shape index (κ1) is 14.7. The Hall–Kier alpha value is -1.69. The second-order valence-electron chi connectivity index (χ2n) is 5.27. The van der Waals surface area contributed by atoms with Gasteiger partial charge < -0.3 is 14.7 Å². The summed E-state index contributed by atoms with van der Waals surface area (Å²) in [5.74, 6) is -0.493. The molecule has 0 aliphatic carbocycles. The first-order valence-electron chi connectivity index (χ1n) is 6.91. The van der Waals surface area contributed by atoms with E-state index in [9.17, 15) is 9.90 Å². The smallest absolute Gasteiger partial charge is 0.339 e. The van der Waals surface area contributed by atoms with Crippen LogP contribution in [-0.4, -0.2) is 46.6 Å². The monoisotopic (exact) mass is 279 g/mol. The molecule has 6 nitrogen and oxygen atoms in total. The second-order valence-corrected chi connectivity index (χ2v) is 5.27. The molecule has 1 saturated heterocycles. The van der Waals surface area contributed by atoms with Crippen LogP contribution in [0.25, 0.3) is 0 Å². The van der Waals surface area contributed by atoms with E-state index in [1.54, 1.807) is 13.8 Å². The maximum atomic E-state index is 11.6. The zero-order valence-corrected chi connectivity index (χ0v) is 12.4. The number of aryl methyl sites for hydroxylation is 1. The van der Waals surface area contributed by atoms with Crippen molar-refractivity contribution < 1.29 is 14.6 Å². The minimum absolute atomic E-state index is 0.0582. The van der Waals surface area contributed by atoms with Crippen LogP contribution in [0.15, 0.2) is 0 Å². The average molecular weight is 279 g/mol. The molecule has 0 saturated carbocycles. The molecule has 0 spiro atoms. The van der Waals surface area contributed by atoms with E-state index in [4.69, 9.17) is 4.74 Å². The molecular formula is C14H21N3O3. The van der Waals surface area contributed by atoms with Crippen molar-refractivity contribution in [2.24, 2.45) is 0 Å². The molecule has 6 heteroatoms. The fourth-order valence-corrected chi connectivity index (χ4v) is 2.49. The van der Waals surface area contributed by atoms with Crippen LogP contribution in [0.2, 0.25) is 0 Å². The number of carboxylic acid groups (broad SMARTS) is 1. The van der Waals surface area contributed by atoms with Gasteiger partial charge in [-0.3, -0.25) is 0 Å². The summed E-state index contributed by atoms with van der Waals surface area (Å²) in [6, 6.07) is 0.140. The molecule has 1 aliphatic heterocycles. The molecule has 2 unspecified atom stereocenters. The Morgan fingerprint density at radius 2 is 2.15 bits per heavy atom. The number of morpholine rings is 1. The molecule has 2 atom stereocenters. The number of hydrogen-bond acceptors (Lipinski definition) is 5. The van der Waals surface area contributed by atoms with E-state index in [0.717, 1.165) is 6.42 Å². The number of nitrogens with zero attached hydrogens (tertiary/aromatic N) is 3. The van der Waals surface area contributed by atoms with E-state index in [1.165, 1.54) is 0 Å². The van der Waals surface area contributed by atoms with Crippen LogP contribution in [0.1, 0.15) is 41.9 Å². The van der Waals surface area contributed by atoms with Crippen molar-refractivity contribution in [2.45, 2.75) is 46.3 Å². The predicted octanol–water partition coefficient (Wildman–Crippen LogP) is 1.80. The summed E-state index contributed by atoms with van der Waals surface area (Å²) in [6.07, 6.45) is 0.934. The van der Waals surface area contributed by atoms with Crippen LogP contribution in [0.4, 0.5) is 5.82 Å². The van der Waals surface area contributed by atoms with Crippen LogP contribution < -0.4 is 4.90 Å². The third-order valence-corrected chi connectivity index (χ3v) is 3.86. The van der Waals surface area contributed by atoms with Crippen LogP contribution in [0.5, 0.6) is 0 Å². The highest BCUT2D eigenvalue weighted by Gasteiger charge is 2.31. The molecule has 2 heterocycles. The topological polar surface area (TPSA) is 75.5 Å². The molecule has 0 aromatic carbocycles. The summed E-state index contributed by atoms with van der Waals surface area (Å²) in [6.45, 7) is 8.82. The molecule has 110 valence electrons. The third-order valence-electron chi connectivity index (χ3n) is 3.86. The molecule has 20 heavy (non-hydrogen) atoms. The van der Waals surface area contributed by atoms with Crippen molar-refractivity contribution in [2.75, 3.05) is 18.1 Å². The normalized spacial score (nSPS) is 22.9. The van der Waals surface area contributed by atoms with Gasteiger partial charge in [0.25, 0.3) is 0 Å². The summed E-state index contributed by atoms with van der Waals surface area (Å²) in [5, 5.41) is 17.8. The average Bonchev–Trinajstić information content (AvgIpc) is 2.41. The van der Waals surface area contributed by atoms with E-state index in [2.05, 4.69) is 17.1 Å². The number of anilines is 1. The highest BCUT2D eigenvalue weighted by molar-refractivity contribution is 5.95. The molecule has 1 N–H and O–H groups in total. The number of hydrogen-bond donors (Lipinski definition) is 1. The maximum absolute atomic E-state index is 11.6. The number of aromatic nitrogens is 2. The Balaban J connectivity index is 2.50. The van der Waals surface area contributed by atoms with E-state index in [1.807, 2.05) is 11.8 Å². The zero-order chi connectivity index (χ0) is 14.9. The minimum atomic E-state index is -0.954. The van der Waals surface area contributed by atoms with Gasteiger partial charge in [-0.2, -0.15) is 5.10 Å². The molecule has 2 rings (SSSR count). The van der Waals surface area contributed by atoms with Gasteiger partial charge in [0.1, 0.15) is 5.56 Å². The molecule has 0 radical (unpaired) electrons. The highest BCUT2D eigenvalue weighted by atomic mass is 16.5. The summed E-state index contributed by atoms with van der Waals surface area (Å²) in [4.78, 5) is 13.6. The van der Waals surface area contributed by atoms with Crippen molar-refractivity contribution in [3.05, 3.63) is 16.8 Å². The third kappa shape index (κ3) is 2.60. The lowest BCUT2D eigenvalue weighted by Crippen LogP contribution is -2.49. The Morgan fingerprint density at radius 3 is 2.75 bits per heavy atom. The van der Waals surface area contributed by atoms with Crippen LogP contribution >= 0.6 is 0 Å². The molecule has 1 aromatic rings. The van der Waals surface area contributed by atoms with Gasteiger partial charge in [0, 0.05) is 6.54 Å². The lowest BCUT2D eigenvalue weighted by atomic mass is 10.1. The quantitative estimate of drug-likeness (QED) is 0.909. The van der Waals surface area contributed by atoms with Gasteiger partial charge in [-0.15, -0.1) is 5.10 Å². The lowest BCUT2D eigenvalue weighted by molar-refractivity contribution is 0.0293. The Morgan fingerprint density at radius 1 is 1.45 bits per heavy atom. The Bertz CT molecular complexity index is 519. The molecule has 0 amide bonds. The Kier molecular flexibility index (Phi) is 4.23. The lowest BCUT2D eigenvalue weighted by Gasteiger charge is -2.39. The maximum Gasteiger partial charge on any atom is 0.339 e. The fourth-order valence-electron chi connectivity index (χ4n) is 2.49. The van der Waals surface area contributed by atoms with Crippen molar-refractivity contribution in [1.29, 1.82) is 0 Å². The summed E-state index contributed by atoms with van der Waals surface area (Å²) < 4.78 is 5.65. The zero-order valence-electron chi connectivity index (χ0n) is 12.4. The number of carbonyl (C=O) groups is 1. The van der Waals surface area contributed by atoms with E-state index in [0.29, 0.717) is 30.2 Å². The standard InChI is InChI=1S/C14H21N3O3/c1-5-11-7-20-8(2)6-17(11)13-12(14(18)19)9(3)10(4)15-16-13/h8,11H,5-7H2,1-4H3,(H,18,19). The SMILES string of the molecule is CCC1COC(C)CN1c1nnc(C)c(C)c1C(=O)O. The van der Waals surface area contributed by atoms with Crippen molar-refractivity contribution in [3.63, 3.8) is 0 Å². The molecule has 1 aliphatic rings. The van der Waals surface area contributed by atoms with E-state index in [-0.39, 0.29) is 17.7 Å². The largest absolute Gasteiger partial charge is 0.478 e. The van der Waals surface area contributed by atoms with Gasteiger partial charge in [-0.05, 0) is 32.8 Å². The fraction of sp³-hybridized carbons (Fsp3) is 0.643. The molecule has 1 aromatic heterocycles. The van der Waals surface area contributed by atoms with E-state index >= 15 is 0 Å². The summed E-state index contributed by atoms with van der Waals surface area (Å²) in [5.41, 5.74) is 1.59. The van der Waals surface area contributed by atoms with Crippen LogP contribution in [-0.2, 0) is 4.74 Å². The van der Waals surface area contributed by atoms with Crippen molar-refractivity contribution >= 4 is 11.8 Å². The van der Waals surface area contributed by atoms with Crippen molar-refractivity contribution in [1.82, 2.24) is 10.2 Å². The molecule has 1 fully saturated rings. The van der Waals surface area contributed by atoms with E-state index < -0.39 is 5.97 Å². The second kappa shape index (κ2) is 5.75. The van der Waals surface area contributed by atoms with Gasteiger partial charge >= 0.3 is 5.97 Å². The number of rotatable bonds is 3. The molecular weight excluding hydrogens is 258 g/mol. The first-order chi connectivity index (χ1) is 9.45. The van der Waals surface area contributed by atoms with Gasteiger partial charge in [-0.1, -0.05) is 6.92 Å².